The first-order chi connectivity index (χ1) is 11.6. The zero-order valence-electron chi connectivity index (χ0n) is 14.3. The summed E-state index contributed by atoms with van der Waals surface area (Å²) in [6.07, 6.45) is 5.87. The molecule has 1 aromatic rings. The highest BCUT2D eigenvalue weighted by Gasteiger charge is 2.26. The summed E-state index contributed by atoms with van der Waals surface area (Å²) in [5.74, 6) is 1.67. The molecule has 0 heterocycles. The smallest absolute Gasteiger partial charge is 0.119 e. The molecule has 0 bridgehead atoms. The standard InChI is InChI=1S/C19H25NO4/c1-19(2,16-5-9-18(10-6-16)24-14-12-21)15-3-7-17(8-4-15)23-13-11-20-22/h3,5-7,9-10,21H,4,8,11-14H2,1-2H3. The monoisotopic (exact) mass is 331 g/mol. The summed E-state index contributed by atoms with van der Waals surface area (Å²) in [6, 6.07) is 8.01. The highest BCUT2D eigenvalue weighted by atomic mass is 16.5. The summed E-state index contributed by atoms with van der Waals surface area (Å²) in [4.78, 5) is 10.1. The van der Waals surface area contributed by atoms with Gasteiger partial charge in [0.15, 0.2) is 0 Å². The average Bonchev–Trinajstić information content (AvgIpc) is 2.61. The van der Waals surface area contributed by atoms with E-state index in [0.29, 0.717) is 13.2 Å². The lowest BCUT2D eigenvalue weighted by Gasteiger charge is -2.31. The lowest BCUT2D eigenvalue weighted by atomic mass is 9.74. The second kappa shape index (κ2) is 8.64. The Morgan fingerprint density at radius 3 is 2.42 bits per heavy atom. The lowest BCUT2D eigenvalue weighted by Crippen LogP contribution is -2.22. The van der Waals surface area contributed by atoms with Gasteiger partial charge in [0, 0.05) is 11.8 Å². The second-order valence-electron chi connectivity index (χ2n) is 6.25. The molecule has 1 aromatic carbocycles. The quantitative estimate of drug-likeness (QED) is 0.553. The Morgan fingerprint density at radius 1 is 1.08 bits per heavy atom. The third kappa shape index (κ3) is 4.68. The number of allylic oxidation sites excluding steroid dienone is 4. The minimum Gasteiger partial charge on any atom is -0.496 e. The molecule has 0 saturated carbocycles. The van der Waals surface area contributed by atoms with Crippen LogP contribution in [0.5, 0.6) is 5.75 Å². The number of aliphatic hydroxyl groups excluding tert-OH is 1. The minimum absolute atomic E-state index is 0.0137. The van der Waals surface area contributed by atoms with Gasteiger partial charge in [0.05, 0.1) is 12.4 Å². The molecule has 1 N–H and O–H groups in total. The molecule has 130 valence electrons. The van der Waals surface area contributed by atoms with Crippen LogP contribution in [0.25, 0.3) is 0 Å². The van der Waals surface area contributed by atoms with E-state index in [1.165, 1.54) is 11.1 Å². The molecule has 0 unspecified atom stereocenters. The molecule has 0 atom stereocenters. The molecule has 1 aliphatic rings. The highest BCUT2D eigenvalue weighted by Crippen LogP contribution is 2.37. The second-order valence-corrected chi connectivity index (χ2v) is 6.25. The Morgan fingerprint density at radius 2 is 1.83 bits per heavy atom. The number of hydrogen-bond donors (Lipinski definition) is 1. The van der Waals surface area contributed by atoms with Gasteiger partial charge in [-0.05, 0) is 30.2 Å². The fourth-order valence-electron chi connectivity index (χ4n) is 2.79. The summed E-state index contributed by atoms with van der Waals surface area (Å²) in [7, 11) is 0. The summed E-state index contributed by atoms with van der Waals surface area (Å²) in [6.45, 7) is 5.26. The Labute approximate surface area is 143 Å². The van der Waals surface area contributed by atoms with E-state index in [0.717, 1.165) is 24.4 Å². The molecule has 5 heteroatoms. The average molecular weight is 331 g/mol. The number of rotatable bonds is 9. The number of aliphatic hydroxyl groups is 1. The zero-order valence-corrected chi connectivity index (χ0v) is 14.3. The summed E-state index contributed by atoms with van der Waals surface area (Å²) in [5, 5.41) is 11.6. The van der Waals surface area contributed by atoms with Crippen molar-refractivity contribution in [2.75, 3.05) is 26.4 Å². The van der Waals surface area contributed by atoms with Crippen LogP contribution in [-0.4, -0.2) is 31.5 Å². The molecule has 2 rings (SSSR count). The molecule has 0 radical (unpaired) electrons. The van der Waals surface area contributed by atoms with E-state index >= 15 is 0 Å². The van der Waals surface area contributed by atoms with Crippen LogP contribution in [0.3, 0.4) is 0 Å². The van der Waals surface area contributed by atoms with Crippen LogP contribution >= 0.6 is 0 Å². The van der Waals surface area contributed by atoms with Crippen LogP contribution in [-0.2, 0) is 10.2 Å². The van der Waals surface area contributed by atoms with Crippen molar-refractivity contribution in [3.8, 4) is 5.75 Å². The first-order valence-corrected chi connectivity index (χ1v) is 8.24. The lowest BCUT2D eigenvalue weighted by molar-refractivity contribution is 0.201. The van der Waals surface area contributed by atoms with E-state index < -0.39 is 0 Å². The van der Waals surface area contributed by atoms with E-state index in [9.17, 15) is 4.91 Å². The summed E-state index contributed by atoms with van der Waals surface area (Å²) < 4.78 is 10.9. The number of nitroso groups, excluding NO2 is 1. The number of nitrogens with zero attached hydrogens (tertiary/aromatic N) is 1. The van der Waals surface area contributed by atoms with Crippen LogP contribution in [0, 0.1) is 4.91 Å². The van der Waals surface area contributed by atoms with E-state index in [4.69, 9.17) is 14.6 Å². The molecule has 0 saturated heterocycles. The van der Waals surface area contributed by atoms with Crippen molar-refractivity contribution in [3.05, 3.63) is 58.2 Å². The van der Waals surface area contributed by atoms with Crippen LogP contribution < -0.4 is 4.74 Å². The highest BCUT2D eigenvalue weighted by molar-refractivity contribution is 5.40. The van der Waals surface area contributed by atoms with Crippen LogP contribution in [0.15, 0.2) is 52.9 Å². The van der Waals surface area contributed by atoms with Crippen molar-refractivity contribution in [1.29, 1.82) is 0 Å². The fraction of sp³-hybridized carbons (Fsp3) is 0.474. The van der Waals surface area contributed by atoms with Gasteiger partial charge in [-0.1, -0.05) is 42.8 Å². The Hall–Kier alpha value is -2.14. The predicted octanol–water partition coefficient (Wildman–Crippen LogP) is 3.72. The van der Waals surface area contributed by atoms with Crippen molar-refractivity contribution in [2.24, 2.45) is 5.18 Å². The molecular weight excluding hydrogens is 306 g/mol. The third-order valence-corrected chi connectivity index (χ3v) is 4.32. The summed E-state index contributed by atoms with van der Waals surface area (Å²) in [5.41, 5.74) is 2.47. The molecule has 0 amide bonds. The number of ether oxygens (including phenoxy) is 2. The summed E-state index contributed by atoms with van der Waals surface area (Å²) >= 11 is 0. The first kappa shape index (κ1) is 18.2. The maximum atomic E-state index is 10.1. The molecule has 0 aliphatic heterocycles. The van der Waals surface area contributed by atoms with Gasteiger partial charge in [-0.2, -0.15) is 4.91 Å². The van der Waals surface area contributed by atoms with E-state index in [1.54, 1.807) is 0 Å². The van der Waals surface area contributed by atoms with Gasteiger partial charge in [0.1, 0.15) is 25.5 Å². The largest absolute Gasteiger partial charge is 0.496 e. The normalized spacial score (nSPS) is 14.6. The number of hydrogen-bond acceptors (Lipinski definition) is 5. The number of benzene rings is 1. The van der Waals surface area contributed by atoms with Gasteiger partial charge < -0.3 is 14.6 Å². The molecule has 5 nitrogen and oxygen atoms in total. The van der Waals surface area contributed by atoms with Gasteiger partial charge in [0.2, 0.25) is 0 Å². The Bertz CT molecular complexity index is 602. The molecular formula is C19H25NO4. The van der Waals surface area contributed by atoms with Crippen molar-refractivity contribution >= 4 is 0 Å². The predicted molar refractivity (Wildman–Crippen MR) is 94.1 cm³/mol. The zero-order chi connectivity index (χ0) is 17.4. The molecule has 0 spiro atoms. The van der Waals surface area contributed by atoms with Gasteiger partial charge in [-0.25, -0.2) is 0 Å². The Balaban J connectivity index is 2.05. The van der Waals surface area contributed by atoms with Gasteiger partial charge in [0.25, 0.3) is 0 Å². The van der Waals surface area contributed by atoms with Gasteiger partial charge >= 0.3 is 0 Å². The van der Waals surface area contributed by atoms with Crippen molar-refractivity contribution < 1.29 is 14.6 Å². The SMILES string of the molecule is CC(C)(C1=CC=C(OCCN=O)CC1)c1ccc(OCCO)cc1. The maximum Gasteiger partial charge on any atom is 0.119 e. The minimum atomic E-state index is -0.0815. The third-order valence-electron chi connectivity index (χ3n) is 4.32. The van der Waals surface area contributed by atoms with Crippen LogP contribution in [0.2, 0.25) is 0 Å². The molecule has 0 fully saturated rings. The Kier molecular flexibility index (Phi) is 6.55. The van der Waals surface area contributed by atoms with Crippen LogP contribution in [0.4, 0.5) is 0 Å². The topological polar surface area (TPSA) is 68.1 Å². The van der Waals surface area contributed by atoms with E-state index in [2.05, 4.69) is 37.2 Å². The van der Waals surface area contributed by atoms with Crippen molar-refractivity contribution in [3.63, 3.8) is 0 Å². The van der Waals surface area contributed by atoms with Crippen LogP contribution in [0.1, 0.15) is 32.3 Å². The maximum absolute atomic E-state index is 10.1. The fourth-order valence-corrected chi connectivity index (χ4v) is 2.79. The van der Waals surface area contributed by atoms with Gasteiger partial charge in [-0.3, -0.25) is 0 Å². The molecule has 1 aliphatic carbocycles. The first-order valence-electron chi connectivity index (χ1n) is 8.24. The van der Waals surface area contributed by atoms with Crippen molar-refractivity contribution in [1.82, 2.24) is 0 Å². The molecule has 0 aromatic heterocycles. The van der Waals surface area contributed by atoms with E-state index in [-0.39, 0.29) is 18.6 Å². The van der Waals surface area contributed by atoms with E-state index in [1.807, 2.05) is 18.2 Å². The van der Waals surface area contributed by atoms with Gasteiger partial charge in [-0.15, -0.1) is 0 Å². The van der Waals surface area contributed by atoms with Crippen molar-refractivity contribution in [2.45, 2.75) is 32.1 Å². The molecule has 24 heavy (non-hydrogen) atoms.